The highest BCUT2D eigenvalue weighted by Gasteiger charge is 2.09. The van der Waals surface area contributed by atoms with E-state index in [9.17, 15) is 0 Å². The van der Waals surface area contributed by atoms with Crippen LogP contribution in [0, 0.1) is 0 Å². The maximum Gasteiger partial charge on any atom is 0.0890 e. The van der Waals surface area contributed by atoms with Gasteiger partial charge >= 0.3 is 0 Å². The largest absolute Gasteiger partial charge is 0.271 e. The van der Waals surface area contributed by atoms with Crippen molar-refractivity contribution >= 4 is 11.0 Å². The van der Waals surface area contributed by atoms with E-state index in [4.69, 9.17) is 5.84 Å². The van der Waals surface area contributed by atoms with Crippen LogP contribution in [0.2, 0.25) is 0 Å². The lowest BCUT2D eigenvalue weighted by atomic mass is 10.1. The topological polar surface area (TPSA) is 63.8 Å². The van der Waals surface area contributed by atoms with Gasteiger partial charge in [0.25, 0.3) is 0 Å². The molecule has 2 aromatic rings. The SMILES string of the molecule is CCC(NN)c1cnc2ccccc2n1. The molecule has 0 bridgehead atoms. The number of benzene rings is 1. The van der Waals surface area contributed by atoms with Gasteiger partial charge in [0.05, 0.1) is 29.0 Å². The minimum absolute atomic E-state index is 0.0714. The van der Waals surface area contributed by atoms with Crippen molar-refractivity contribution in [3.8, 4) is 0 Å². The van der Waals surface area contributed by atoms with Crippen LogP contribution in [0.4, 0.5) is 0 Å². The molecule has 1 unspecified atom stereocenters. The summed E-state index contributed by atoms with van der Waals surface area (Å²) in [6, 6.07) is 7.88. The Balaban J connectivity index is 2.46. The quantitative estimate of drug-likeness (QED) is 0.585. The number of rotatable bonds is 3. The van der Waals surface area contributed by atoms with Crippen LogP contribution in [0.5, 0.6) is 0 Å². The molecule has 1 aromatic carbocycles. The van der Waals surface area contributed by atoms with E-state index in [2.05, 4.69) is 22.3 Å². The zero-order chi connectivity index (χ0) is 10.7. The lowest BCUT2D eigenvalue weighted by Crippen LogP contribution is -2.28. The van der Waals surface area contributed by atoms with E-state index in [0.717, 1.165) is 23.1 Å². The zero-order valence-electron chi connectivity index (χ0n) is 8.64. The minimum atomic E-state index is 0.0714. The summed E-state index contributed by atoms with van der Waals surface area (Å²) in [5.74, 6) is 5.44. The van der Waals surface area contributed by atoms with Gasteiger partial charge < -0.3 is 0 Å². The van der Waals surface area contributed by atoms with Crippen LogP contribution in [0.1, 0.15) is 25.1 Å². The second-order valence-corrected chi connectivity index (χ2v) is 3.41. The fourth-order valence-corrected chi connectivity index (χ4v) is 1.55. The van der Waals surface area contributed by atoms with Crippen molar-refractivity contribution in [2.45, 2.75) is 19.4 Å². The molecule has 0 saturated heterocycles. The Kier molecular flexibility index (Phi) is 2.89. The Bertz CT molecular complexity index is 451. The predicted octanol–water partition coefficient (Wildman–Crippen LogP) is 1.54. The van der Waals surface area contributed by atoms with Crippen LogP contribution in [-0.2, 0) is 0 Å². The molecule has 1 atom stereocenters. The molecular weight excluding hydrogens is 188 g/mol. The molecule has 15 heavy (non-hydrogen) atoms. The minimum Gasteiger partial charge on any atom is -0.271 e. The summed E-state index contributed by atoms with van der Waals surface area (Å²) in [7, 11) is 0. The van der Waals surface area contributed by atoms with Crippen molar-refractivity contribution in [2.75, 3.05) is 0 Å². The Morgan fingerprint density at radius 2 is 2.07 bits per heavy atom. The molecule has 0 fully saturated rings. The summed E-state index contributed by atoms with van der Waals surface area (Å²) in [6.07, 6.45) is 2.67. The number of nitrogens with zero attached hydrogens (tertiary/aromatic N) is 2. The Labute approximate surface area is 88.5 Å². The molecule has 78 valence electrons. The van der Waals surface area contributed by atoms with E-state index in [1.54, 1.807) is 6.20 Å². The first-order valence-electron chi connectivity index (χ1n) is 5.03. The van der Waals surface area contributed by atoms with Crippen molar-refractivity contribution in [1.29, 1.82) is 0 Å². The van der Waals surface area contributed by atoms with Crippen molar-refractivity contribution in [3.63, 3.8) is 0 Å². The average molecular weight is 202 g/mol. The summed E-state index contributed by atoms with van der Waals surface area (Å²) < 4.78 is 0. The molecular formula is C11H14N4. The maximum absolute atomic E-state index is 5.44. The lowest BCUT2D eigenvalue weighted by molar-refractivity contribution is 0.526. The first-order chi connectivity index (χ1) is 7.35. The van der Waals surface area contributed by atoms with E-state index in [0.29, 0.717) is 0 Å². The highest BCUT2D eigenvalue weighted by molar-refractivity contribution is 5.73. The number of hydrogen-bond acceptors (Lipinski definition) is 4. The molecule has 4 nitrogen and oxygen atoms in total. The van der Waals surface area contributed by atoms with Crippen LogP contribution < -0.4 is 11.3 Å². The van der Waals surface area contributed by atoms with Gasteiger partial charge in [0.15, 0.2) is 0 Å². The van der Waals surface area contributed by atoms with Gasteiger partial charge in [-0.05, 0) is 18.6 Å². The molecule has 1 aromatic heterocycles. The van der Waals surface area contributed by atoms with Gasteiger partial charge in [0.2, 0.25) is 0 Å². The van der Waals surface area contributed by atoms with E-state index < -0.39 is 0 Å². The third-order valence-electron chi connectivity index (χ3n) is 2.43. The third-order valence-corrected chi connectivity index (χ3v) is 2.43. The molecule has 0 spiro atoms. The molecule has 0 aliphatic carbocycles. The fraction of sp³-hybridized carbons (Fsp3) is 0.273. The maximum atomic E-state index is 5.44. The first kappa shape index (κ1) is 10.0. The van der Waals surface area contributed by atoms with Gasteiger partial charge in [0.1, 0.15) is 0 Å². The lowest BCUT2D eigenvalue weighted by Gasteiger charge is -2.12. The summed E-state index contributed by atoms with van der Waals surface area (Å²) in [5, 5.41) is 0. The number of para-hydroxylation sites is 2. The first-order valence-corrected chi connectivity index (χ1v) is 5.03. The van der Waals surface area contributed by atoms with Crippen molar-refractivity contribution in [3.05, 3.63) is 36.2 Å². The summed E-state index contributed by atoms with van der Waals surface area (Å²) in [5.41, 5.74) is 5.43. The van der Waals surface area contributed by atoms with Gasteiger partial charge in [-0.2, -0.15) is 0 Å². The smallest absolute Gasteiger partial charge is 0.0890 e. The van der Waals surface area contributed by atoms with Crippen molar-refractivity contribution in [2.24, 2.45) is 5.84 Å². The van der Waals surface area contributed by atoms with E-state index in [1.165, 1.54) is 0 Å². The molecule has 0 aliphatic rings. The molecule has 0 aliphatic heterocycles. The van der Waals surface area contributed by atoms with E-state index >= 15 is 0 Å². The monoisotopic (exact) mass is 202 g/mol. The van der Waals surface area contributed by atoms with Crippen molar-refractivity contribution < 1.29 is 0 Å². The van der Waals surface area contributed by atoms with E-state index in [1.807, 2.05) is 24.3 Å². The molecule has 0 amide bonds. The number of hydrogen-bond donors (Lipinski definition) is 2. The summed E-state index contributed by atoms with van der Waals surface area (Å²) >= 11 is 0. The summed E-state index contributed by atoms with van der Waals surface area (Å²) in [4.78, 5) is 8.85. The Morgan fingerprint density at radius 1 is 1.33 bits per heavy atom. The van der Waals surface area contributed by atoms with Gasteiger partial charge in [-0.3, -0.25) is 16.3 Å². The number of fused-ring (bicyclic) bond motifs is 1. The molecule has 0 saturated carbocycles. The highest BCUT2D eigenvalue weighted by Crippen LogP contribution is 2.15. The molecule has 4 heteroatoms. The molecule has 1 heterocycles. The second-order valence-electron chi connectivity index (χ2n) is 3.41. The van der Waals surface area contributed by atoms with Gasteiger partial charge in [-0.15, -0.1) is 0 Å². The van der Waals surface area contributed by atoms with Crippen LogP contribution in [0.15, 0.2) is 30.5 Å². The number of nitrogens with one attached hydrogen (secondary N) is 1. The van der Waals surface area contributed by atoms with Crippen molar-refractivity contribution in [1.82, 2.24) is 15.4 Å². The van der Waals surface area contributed by atoms with Gasteiger partial charge in [0, 0.05) is 0 Å². The predicted molar refractivity (Wildman–Crippen MR) is 59.9 cm³/mol. The molecule has 2 rings (SSSR count). The molecule has 0 radical (unpaired) electrons. The molecule has 3 N–H and O–H groups in total. The fourth-order valence-electron chi connectivity index (χ4n) is 1.55. The number of nitrogens with two attached hydrogens (primary N) is 1. The van der Waals surface area contributed by atoms with Gasteiger partial charge in [-0.1, -0.05) is 19.1 Å². The third kappa shape index (κ3) is 1.95. The average Bonchev–Trinajstić information content (AvgIpc) is 2.30. The van der Waals surface area contributed by atoms with Crippen LogP contribution in [0.25, 0.3) is 11.0 Å². The zero-order valence-corrected chi connectivity index (χ0v) is 8.64. The highest BCUT2D eigenvalue weighted by atomic mass is 15.2. The Hall–Kier alpha value is -1.52. The van der Waals surface area contributed by atoms with Gasteiger partial charge in [-0.25, -0.2) is 4.98 Å². The normalized spacial score (nSPS) is 12.9. The van der Waals surface area contributed by atoms with E-state index in [-0.39, 0.29) is 6.04 Å². The number of hydrazine groups is 1. The standard InChI is InChI=1S/C11H14N4/c1-2-8(15-12)11-7-13-9-5-3-4-6-10(9)14-11/h3-8,15H,2,12H2,1H3. The Morgan fingerprint density at radius 3 is 2.73 bits per heavy atom. The van der Waals surface area contributed by atoms with Crippen LogP contribution in [0.3, 0.4) is 0 Å². The number of aromatic nitrogens is 2. The second kappa shape index (κ2) is 4.33. The van der Waals surface area contributed by atoms with Crippen LogP contribution in [-0.4, -0.2) is 9.97 Å². The summed E-state index contributed by atoms with van der Waals surface area (Å²) in [6.45, 7) is 2.06. The van der Waals surface area contributed by atoms with Crippen LogP contribution >= 0.6 is 0 Å².